The average Bonchev–Trinajstić information content (AvgIpc) is 3.01. The second-order valence-corrected chi connectivity index (χ2v) is 5.68. The van der Waals surface area contributed by atoms with Crippen LogP contribution in [0.3, 0.4) is 0 Å². The maximum Gasteiger partial charge on any atom is 0.240 e. The van der Waals surface area contributed by atoms with Crippen LogP contribution in [-0.2, 0) is 11.2 Å². The molecule has 5 heteroatoms. The number of carbonyl (C=O) groups excluding carboxylic acids is 1. The van der Waals surface area contributed by atoms with Crippen molar-refractivity contribution in [2.75, 3.05) is 0 Å². The van der Waals surface area contributed by atoms with Crippen LogP contribution >= 0.6 is 28.3 Å². The molecule has 1 fully saturated rings. The third-order valence-electron chi connectivity index (χ3n) is 3.10. The van der Waals surface area contributed by atoms with E-state index in [1.54, 1.807) is 0 Å². The van der Waals surface area contributed by atoms with Crippen molar-refractivity contribution < 1.29 is 4.79 Å². The first kappa shape index (κ1) is 15.5. The Morgan fingerprint density at radius 2 is 2.11 bits per heavy atom. The van der Waals surface area contributed by atoms with Gasteiger partial charge in [-0.1, -0.05) is 34.1 Å². The third-order valence-corrected chi connectivity index (χ3v) is 3.88. The number of hydrogen-bond donors (Lipinski definition) is 2. The second kappa shape index (κ2) is 6.04. The van der Waals surface area contributed by atoms with Gasteiger partial charge in [-0.2, -0.15) is 0 Å². The minimum absolute atomic E-state index is 0. The summed E-state index contributed by atoms with van der Waals surface area (Å²) < 4.78 is 1.08. The lowest BCUT2D eigenvalue weighted by Gasteiger charge is -2.17. The molecule has 1 unspecified atom stereocenters. The monoisotopic (exact) mass is 332 g/mol. The molecule has 0 spiro atoms. The van der Waals surface area contributed by atoms with E-state index in [2.05, 4.69) is 27.3 Å². The van der Waals surface area contributed by atoms with Crippen molar-refractivity contribution in [1.29, 1.82) is 0 Å². The smallest absolute Gasteiger partial charge is 0.240 e. The normalized spacial score (nSPS) is 17.5. The molecule has 1 saturated carbocycles. The van der Waals surface area contributed by atoms with Gasteiger partial charge in [0.25, 0.3) is 0 Å². The molecule has 3 N–H and O–H groups in total. The van der Waals surface area contributed by atoms with E-state index < -0.39 is 5.54 Å². The van der Waals surface area contributed by atoms with Crippen LogP contribution in [0.25, 0.3) is 0 Å². The molecule has 100 valence electrons. The fraction of sp³-hybridized carbons (Fsp3) is 0.462. The number of carbonyl (C=O) groups is 1. The summed E-state index contributed by atoms with van der Waals surface area (Å²) >= 11 is 3.51. The topological polar surface area (TPSA) is 55.1 Å². The van der Waals surface area contributed by atoms with Gasteiger partial charge in [0.05, 0.1) is 5.54 Å². The molecule has 1 aromatic carbocycles. The number of amides is 1. The van der Waals surface area contributed by atoms with Gasteiger partial charge in [0.2, 0.25) is 5.91 Å². The summed E-state index contributed by atoms with van der Waals surface area (Å²) in [4.78, 5) is 11.8. The SMILES string of the molecule is CC(Cc1ccccc1Br)NC(=O)C1(N)CC1.Cl. The number of nitrogens with two attached hydrogens (primary N) is 1. The Bertz CT molecular complexity index is 435. The van der Waals surface area contributed by atoms with Gasteiger partial charge in [-0.15, -0.1) is 12.4 Å². The molecule has 0 heterocycles. The zero-order valence-corrected chi connectivity index (χ0v) is 12.7. The van der Waals surface area contributed by atoms with Crippen LogP contribution in [0.5, 0.6) is 0 Å². The second-order valence-electron chi connectivity index (χ2n) is 4.83. The molecule has 1 amide bonds. The van der Waals surface area contributed by atoms with Gasteiger partial charge in [-0.25, -0.2) is 0 Å². The van der Waals surface area contributed by atoms with Gasteiger partial charge in [-0.05, 0) is 37.8 Å². The number of nitrogens with one attached hydrogen (secondary N) is 1. The molecule has 1 aliphatic carbocycles. The Kier molecular flexibility index (Phi) is 5.20. The highest BCUT2D eigenvalue weighted by Crippen LogP contribution is 2.32. The zero-order chi connectivity index (χ0) is 12.5. The summed E-state index contributed by atoms with van der Waals surface area (Å²) in [5, 5.41) is 2.97. The van der Waals surface area contributed by atoms with Crippen molar-refractivity contribution in [2.24, 2.45) is 5.73 Å². The molecule has 1 aromatic rings. The highest BCUT2D eigenvalue weighted by atomic mass is 79.9. The maximum absolute atomic E-state index is 11.8. The summed E-state index contributed by atoms with van der Waals surface area (Å²) in [6.07, 6.45) is 2.42. The Morgan fingerprint density at radius 3 is 2.67 bits per heavy atom. The Hall–Kier alpha value is -0.580. The van der Waals surface area contributed by atoms with Gasteiger partial charge in [0, 0.05) is 10.5 Å². The largest absolute Gasteiger partial charge is 0.352 e. The molecule has 3 nitrogen and oxygen atoms in total. The lowest BCUT2D eigenvalue weighted by molar-refractivity contribution is -0.123. The Labute approximate surface area is 122 Å². The number of benzene rings is 1. The summed E-state index contributed by atoms with van der Waals surface area (Å²) in [6, 6.07) is 8.15. The predicted octanol–water partition coefficient (Wildman–Crippen LogP) is 2.41. The lowest BCUT2D eigenvalue weighted by Crippen LogP contribution is -2.46. The molecule has 1 aliphatic rings. The molecule has 0 aliphatic heterocycles. The van der Waals surface area contributed by atoms with Crippen molar-refractivity contribution in [3.05, 3.63) is 34.3 Å². The van der Waals surface area contributed by atoms with E-state index in [-0.39, 0.29) is 24.4 Å². The van der Waals surface area contributed by atoms with Crippen LogP contribution in [0.1, 0.15) is 25.3 Å². The molecule has 0 aromatic heterocycles. The number of hydrogen-bond acceptors (Lipinski definition) is 2. The van der Waals surface area contributed by atoms with E-state index in [1.165, 1.54) is 5.56 Å². The maximum atomic E-state index is 11.8. The third kappa shape index (κ3) is 3.70. The molecule has 0 bridgehead atoms. The van der Waals surface area contributed by atoms with Crippen molar-refractivity contribution in [3.8, 4) is 0 Å². The van der Waals surface area contributed by atoms with Crippen LogP contribution in [0, 0.1) is 0 Å². The number of halogens is 2. The molecular weight excluding hydrogens is 316 g/mol. The first-order chi connectivity index (χ1) is 8.01. The molecule has 1 atom stereocenters. The highest BCUT2D eigenvalue weighted by Gasteiger charge is 2.46. The standard InChI is InChI=1S/C13H17BrN2O.ClH/c1-9(16-12(17)13(15)6-7-13)8-10-4-2-3-5-11(10)14;/h2-5,9H,6-8,15H2,1H3,(H,16,17);1H. The predicted molar refractivity (Wildman–Crippen MR) is 78.9 cm³/mol. The van der Waals surface area contributed by atoms with Crippen LogP contribution < -0.4 is 11.1 Å². The van der Waals surface area contributed by atoms with Crippen LogP contribution in [0.4, 0.5) is 0 Å². The molecule has 2 rings (SSSR count). The summed E-state index contributed by atoms with van der Waals surface area (Å²) in [5.74, 6) is -0.0166. The Morgan fingerprint density at radius 1 is 1.50 bits per heavy atom. The molecule has 0 saturated heterocycles. The van der Waals surface area contributed by atoms with Crippen molar-refractivity contribution in [2.45, 2.75) is 37.8 Å². The lowest BCUT2D eigenvalue weighted by atomic mass is 10.1. The fourth-order valence-corrected chi connectivity index (χ4v) is 2.22. The van der Waals surface area contributed by atoms with E-state index >= 15 is 0 Å². The highest BCUT2D eigenvalue weighted by molar-refractivity contribution is 9.10. The van der Waals surface area contributed by atoms with Crippen molar-refractivity contribution in [1.82, 2.24) is 5.32 Å². The summed E-state index contributed by atoms with van der Waals surface area (Å²) in [5.41, 5.74) is 6.46. The first-order valence-corrected chi connectivity index (χ1v) is 6.64. The van der Waals surface area contributed by atoms with Crippen molar-refractivity contribution in [3.63, 3.8) is 0 Å². The first-order valence-electron chi connectivity index (χ1n) is 5.84. The van der Waals surface area contributed by atoms with Gasteiger partial charge in [0.1, 0.15) is 0 Å². The molecule has 0 radical (unpaired) electrons. The van der Waals surface area contributed by atoms with E-state index in [0.717, 1.165) is 23.7 Å². The molecular formula is C13H18BrClN2O. The van der Waals surface area contributed by atoms with Gasteiger partial charge in [0.15, 0.2) is 0 Å². The van der Waals surface area contributed by atoms with E-state index in [9.17, 15) is 4.79 Å². The van der Waals surface area contributed by atoms with E-state index in [1.807, 2.05) is 25.1 Å². The summed E-state index contributed by atoms with van der Waals surface area (Å²) in [6.45, 7) is 2.00. The van der Waals surface area contributed by atoms with Crippen LogP contribution in [-0.4, -0.2) is 17.5 Å². The fourth-order valence-electron chi connectivity index (χ4n) is 1.77. The summed E-state index contributed by atoms with van der Waals surface area (Å²) in [7, 11) is 0. The van der Waals surface area contributed by atoms with Crippen LogP contribution in [0.2, 0.25) is 0 Å². The average molecular weight is 334 g/mol. The van der Waals surface area contributed by atoms with Gasteiger partial charge < -0.3 is 11.1 Å². The van der Waals surface area contributed by atoms with E-state index in [0.29, 0.717) is 0 Å². The zero-order valence-electron chi connectivity index (χ0n) is 10.3. The number of rotatable bonds is 4. The molecule has 18 heavy (non-hydrogen) atoms. The van der Waals surface area contributed by atoms with E-state index in [4.69, 9.17) is 5.73 Å². The minimum atomic E-state index is -0.581. The van der Waals surface area contributed by atoms with Gasteiger partial charge in [-0.3, -0.25) is 4.79 Å². The minimum Gasteiger partial charge on any atom is -0.352 e. The quantitative estimate of drug-likeness (QED) is 0.889. The Balaban J connectivity index is 0.00000162. The van der Waals surface area contributed by atoms with Crippen molar-refractivity contribution >= 4 is 34.2 Å². The van der Waals surface area contributed by atoms with Gasteiger partial charge >= 0.3 is 0 Å². The van der Waals surface area contributed by atoms with Crippen LogP contribution in [0.15, 0.2) is 28.7 Å².